The van der Waals surface area contributed by atoms with Gasteiger partial charge in [0.1, 0.15) is 5.82 Å². The Morgan fingerprint density at radius 1 is 1.43 bits per heavy atom. The Hall–Kier alpha value is -2.96. The summed E-state index contributed by atoms with van der Waals surface area (Å²) in [6, 6.07) is 4.00. The molecule has 0 spiro atoms. The summed E-state index contributed by atoms with van der Waals surface area (Å²) in [7, 11) is 1.67. The molecule has 0 aliphatic carbocycles. The van der Waals surface area contributed by atoms with Crippen molar-refractivity contribution in [3.05, 3.63) is 53.6 Å². The predicted molar refractivity (Wildman–Crippen MR) is 74.2 cm³/mol. The molecule has 0 unspecified atom stereocenters. The minimum absolute atomic E-state index is 0.0105. The number of carboxylic acids is 1. The highest BCUT2D eigenvalue weighted by molar-refractivity contribution is 6.04. The number of aliphatic carboxylic acids is 1. The van der Waals surface area contributed by atoms with Gasteiger partial charge in [0.2, 0.25) is 0 Å². The van der Waals surface area contributed by atoms with Crippen molar-refractivity contribution in [3.8, 4) is 0 Å². The molecule has 1 amide bonds. The van der Waals surface area contributed by atoms with Crippen LogP contribution in [0.1, 0.15) is 15.9 Å². The zero-order valence-electron chi connectivity index (χ0n) is 11.1. The van der Waals surface area contributed by atoms with Gasteiger partial charge in [0.15, 0.2) is 0 Å². The highest BCUT2D eigenvalue weighted by Gasteiger charge is 2.11. The van der Waals surface area contributed by atoms with Crippen LogP contribution in [0.15, 0.2) is 36.7 Å². The van der Waals surface area contributed by atoms with Crippen LogP contribution in [-0.2, 0) is 11.8 Å². The SMILES string of the molecule is Cn1cc(C(=O)Nc2ccc(C=CC(=O)O)cc2F)cn1. The maximum absolute atomic E-state index is 13.8. The van der Waals surface area contributed by atoms with Crippen molar-refractivity contribution < 1.29 is 19.1 Å². The van der Waals surface area contributed by atoms with E-state index in [1.165, 1.54) is 35.3 Å². The van der Waals surface area contributed by atoms with Crippen molar-refractivity contribution in [2.75, 3.05) is 5.32 Å². The molecule has 108 valence electrons. The molecular formula is C14H12FN3O3. The molecule has 2 N–H and O–H groups in total. The van der Waals surface area contributed by atoms with E-state index in [2.05, 4.69) is 10.4 Å². The molecule has 6 nitrogen and oxygen atoms in total. The molecule has 1 aromatic carbocycles. The van der Waals surface area contributed by atoms with Crippen molar-refractivity contribution in [1.82, 2.24) is 9.78 Å². The Balaban J connectivity index is 2.14. The van der Waals surface area contributed by atoms with Crippen LogP contribution in [0.4, 0.5) is 10.1 Å². The van der Waals surface area contributed by atoms with Crippen molar-refractivity contribution in [2.45, 2.75) is 0 Å². The topological polar surface area (TPSA) is 84.2 Å². The third-order valence-electron chi connectivity index (χ3n) is 2.63. The van der Waals surface area contributed by atoms with Crippen molar-refractivity contribution in [3.63, 3.8) is 0 Å². The predicted octanol–water partition coefficient (Wildman–Crippen LogP) is 1.91. The van der Waals surface area contributed by atoms with Crippen LogP contribution in [-0.4, -0.2) is 26.8 Å². The van der Waals surface area contributed by atoms with E-state index in [-0.39, 0.29) is 5.69 Å². The number of halogens is 1. The third-order valence-corrected chi connectivity index (χ3v) is 2.63. The lowest BCUT2D eigenvalue weighted by molar-refractivity contribution is -0.131. The number of carbonyl (C=O) groups excluding carboxylic acids is 1. The third kappa shape index (κ3) is 3.75. The van der Waals surface area contributed by atoms with Crippen molar-refractivity contribution in [2.24, 2.45) is 7.05 Å². The highest BCUT2D eigenvalue weighted by Crippen LogP contribution is 2.17. The van der Waals surface area contributed by atoms with Gasteiger partial charge >= 0.3 is 5.97 Å². The number of hydrogen-bond donors (Lipinski definition) is 2. The summed E-state index contributed by atoms with van der Waals surface area (Å²) in [5.74, 6) is -2.25. The maximum atomic E-state index is 13.8. The molecule has 7 heteroatoms. The fourth-order valence-electron chi connectivity index (χ4n) is 1.64. The molecule has 0 saturated heterocycles. The number of aromatic nitrogens is 2. The number of nitrogens with zero attached hydrogens (tertiary/aromatic N) is 2. The molecule has 2 aromatic rings. The molecule has 0 atom stereocenters. The number of carboxylic acid groups (broad SMARTS) is 1. The molecule has 21 heavy (non-hydrogen) atoms. The summed E-state index contributed by atoms with van der Waals surface area (Å²) in [4.78, 5) is 22.2. The van der Waals surface area contributed by atoms with E-state index in [1.54, 1.807) is 7.05 Å². The Labute approximate surface area is 119 Å². The van der Waals surface area contributed by atoms with Gasteiger partial charge in [-0.15, -0.1) is 0 Å². The summed E-state index contributed by atoms with van der Waals surface area (Å²) in [5, 5.41) is 14.8. The summed E-state index contributed by atoms with van der Waals surface area (Å²) >= 11 is 0. The number of rotatable bonds is 4. The van der Waals surface area contributed by atoms with E-state index in [0.29, 0.717) is 11.1 Å². The van der Waals surface area contributed by atoms with Crippen LogP contribution < -0.4 is 5.32 Å². The number of anilines is 1. The first kappa shape index (κ1) is 14.4. The molecule has 2 rings (SSSR count). The number of hydrogen-bond acceptors (Lipinski definition) is 3. The molecule has 0 aliphatic rings. The summed E-state index contributed by atoms with van der Waals surface area (Å²) in [6.45, 7) is 0. The average molecular weight is 289 g/mol. The summed E-state index contributed by atoms with van der Waals surface area (Å²) in [6.07, 6.45) is 5.05. The second-order valence-corrected chi connectivity index (χ2v) is 4.27. The van der Waals surface area contributed by atoms with E-state index in [1.807, 2.05) is 0 Å². The first-order valence-electron chi connectivity index (χ1n) is 5.96. The zero-order chi connectivity index (χ0) is 15.4. The molecule has 0 bridgehead atoms. The van der Waals surface area contributed by atoms with Gasteiger partial charge in [0.05, 0.1) is 17.4 Å². The summed E-state index contributed by atoms with van der Waals surface area (Å²) in [5.41, 5.74) is 0.706. The first-order valence-corrected chi connectivity index (χ1v) is 5.96. The van der Waals surface area contributed by atoms with E-state index in [0.717, 1.165) is 12.1 Å². The number of amides is 1. The Morgan fingerprint density at radius 2 is 2.19 bits per heavy atom. The van der Waals surface area contributed by atoms with E-state index >= 15 is 0 Å². The van der Waals surface area contributed by atoms with Gasteiger partial charge in [0.25, 0.3) is 5.91 Å². The van der Waals surface area contributed by atoms with Gasteiger partial charge in [-0.1, -0.05) is 6.07 Å². The zero-order valence-corrected chi connectivity index (χ0v) is 11.1. The lowest BCUT2D eigenvalue weighted by Crippen LogP contribution is -2.12. The van der Waals surface area contributed by atoms with E-state index in [4.69, 9.17) is 5.11 Å². The van der Waals surface area contributed by atoms with Gasteiger partial charge in [-0.05, 0) is 23.8 Å². The summed E-state index contributed by atoms with van der Waals surface area (Å²) < 4.78 is 15.3. The van der Waals surface area contributed by atoms with Gasteiger partial charge in [-0.2, -0.15) is 5.10 Å². The van der Waals surface area contributed by atoms with Gasteiger partial charge < -0.3 is 10.4 Å². The lowest BCUT2D eigenvalue weighted by Gasteiger charge is -2.05. The van der Waals surface area contributed by atoms with Gasteiger partial charge in [-0.25, -0.2) is 9.18 Å². The number of aryl methyl sites for hydroxylation is 1. The lowest BCUT2D eigenvalue weighted by atomic mass is 10.1. The smallest absolute Gasteiger partial charge is 0.328 e. The quantitative estimate of drug-likeness (QED) is 0.842. The van der Waals surface area contributed by atoms with E-state index < -0.39 is 17.7 Å². The Kier molecular flexibility index (Phi) is 4.13. The van der Waals surface area contributed by atoms with Gasteiger partial charge in [-0.3, -0.25) is 9.48 Å². The van der Waals surface area contributed by atoms with Crippen LogP contribution >= 0.6 is 0 Å². The van der Waals surface area contributed by atoms with Crippen LogP contribution in [0.5, 0.6) is 0 Å². The monoisotopic (exact) mass is 289 g/mol. The van der Waals surface area contributed by atoms with Crippen LogP contribution in [0, 0.1) is 5.82 Å². The molecule has 0 aliphatic heterocycles. The van der Waals surface area contributed by atoms with Crippen molar-refractivity contribution >= 4 is 23.6 Å². The highest BCUT2D eigenvalue weighted by atomic mass is 19.1. The van der Waals surface area contributed by atoms with Crippen molar-refractivity contribution in [1.29, 1.82) is 0 Å². The molecule has 1 aromatic heterocycles. The second kappa shape index (κ2) is 6.00. The molecule has 0 fully saturated rings. The molecule has 1 heterocycles. The van der Waals surface area contributed by atoms with Gasteiger partial charge in [0, 0.05) is 19.3 Å². The molecule has 0 radical (unpaired) electrons. The Bertz CT molecular complexity index is 722. The maximum Gasteiger partial charge on any atom is 0.328 e. The normalized spacial score (nSPS) is 10.8. The second-order valence-electron chi connectivity index (χ2n) is 4.27. The number of benzene rings is 1. The van der Waals surface area contributed by atoms with Crippen LogP contribution in [0.2, 0.25) is 0 Å². The Morgan fingerprint density at radius 3 is 2.76 bits per heavy atom. The fourth-order valence-corrected chi connectivity index (χ4v) is 1.64. The first-order chi connectivity index (χ1) is 9.95. The van der Waals surface area contributed by atoms with E-state index in [9.17, 15) is 14.0 Å². The molecule has 0 saturated carbocycles. The largest absolute Gasteiger partial charge is 0.478 e. The average Bonchev–Trinajstić information content (AvgIpc) is 2.86. The minimum Gasteiger partial charge on any atom is -0.478 e. The van der Waals surface area contributed by atoms with Crippen LogP contribution in [0.25, 0.3) is 6.08 Å². The minimum atomic E-state index is -1.12. The molecular weight excluding hydrogens is 277 g/mol. The number of carbonyl (C=O) groups is 2. The fraction of sp³-hybridized carbons (Fsp3) is 0.0714. The number of nitrogens with one attached hydrogen (secondary N) is 1. The van der Waals surface area contributed by atoms with Crippen LogP contribution in [0.3, 0.4) is 0 Å². The standard InChI is InChI=1S/C14H12FN3O3/c1-18-8-10(7-16-18)14(21)17-12-4-2-9(6-11(12)15)3-5-13(19)20/h2-8H,1H3,(H,17,21)(H,19,20).